The average molecular weight is 281 g/mol. The van der Waals surface area contributed by atoms with Gasteiger partial charge in [0.1, 0.15) is 0 Å². The summed E-state index contributed by atoms with van der Waals surface area (Å²) in [5.74, 6) is 0.327. The van der Waals surface area contributed by atoms with Gasteiger partial charge in [-0.05, 0) is 25.7 Å². The number of carbonyl (C=O) groups excluding carboxylic acids is 1. The van der Waals surface area contributed by atoms with E-state index in [4.69, 9.17) is 0 Å². The Morgan fingerprint density at radius 1 is 0.950 bits per heavy atom. The van der Waals surface area contributed by atoms with Crippen molar-refractivity contribution in [2.45, 2.75) is 84.0 Å². The molecular formula is C18H35NO. The van der Waals surface area contributed by atoms with Gasteiger partial charge in [-0.15, -0.1) is 6.58 Å². The van der Waals surface area contributed by atoms with E-state index in [1.165, 1.54) is 51.4 Å². The van der Waals surface area contributed by atoms with Crippen LogP contribution in [-0.4, -0.2) is 24.4 Å². The zero-order valence-electron chi connectivity index (χ0n) is 13.8. The quantitative estimate of drug-likeness (QED) is 0.311. The van der Waals surface area contributed by atoms with Gasteiger partial charge in [-0.2, -0.15) is 0 Å². The lowest BCUT2D eigenvalue weighted by molar-refractivity contribution is -0.130. The predicted octanol–water partition coefficient (Wildman–Crippen LogP) is 5.33. The molecule has 0 saturated heterocycles. The van der Waals surface area contributed by atoms with Crippen LogP contribution in [0, 0.1) is 0 Å². The lowest BCUT2D eigenvalue weighted by Gasteiger charge is -2.16. The SMILES string of the molecule is C=CCCCCCCCCC(=O)N(C)CCCCCC. The molecule has 2 nitrogen and oxygen atoms in total. The van der Waals surface area contributed by atoms with E-state index < -0.39 is 0 Å². The van der Waals surface area contributed by atoms with Crippen LogP contribution in [0.25, 0.3) is 0 Å². The maximum absolute atomic E-state index is 11.9. The van der Waals surface area contributed by atoms with Gasteiger partial charge in [0.2, 0.25) is 5.91 Å². The van der Waals surface area contributed by atoms with Gasteiger partial charge in [0.05, 0.1) is 0 Å². The molecule has 118 valence electrons. The summed E-state index contributed by atoms with van der Waals surface area (Å²) >= 11 is 0. The van der Waals surface area contributed by atoms with Crippen LogP contribution in [0.3, 0.4) is 0 Å². The van der Waals surface area contributed by atoms with Crippen LogP contribution in [0.2, 0.25) is 0 Å². The van der Waals surface area contributed by atoms with E-state index >= 15 is 0 Å². The zero-order chi connectivity index (χ0) is 15.1. The third-order valence-corrected chi connectivity index (χ3v) is 3.82. The van der Waals surface area contributed by atoms with E-state index in [-0.39, 0.29) is 0 Å². The number of rotatable bonds is 14. The molecule has 2 heteroatoms. The normalized spacial score (nSPS) is 10.5. The van der Waals surface area contributed by atoms with Gasteiger partial charge in [0, 0.05) is 20.0 Å². The monoisotopic (exact) mass is 281 g/mol. The molecule has 0 aliphatic heterocycles. The number of amides is 1. The molecule has 0 rings (SSSR count). The fraction of sp³-hybridized carbons (Fsp3) is 0.833. The summed E-state index contributed by atoms with van der Waals surface area (Å²) in [6.07, 6.45) is 16.2. The van der Waals surface area contributed by atoms with Gasteiger partial charge >= 0.3 is 0 Å². The molecule has 0 aromatic heterocycles. The maximum atomic E-state index is 11.9. The van der Waals surface area contributed by atoms with E-state index in [0.717, 1.165) is 32.2 Å². The van der Waals surface area contributed by atoms with Gasteiger partial charge in [0.15, 0.2) is 0 Å². The van der Waals surface area contributed by atoms with Gasteiger partial charge in [0.25, 0.3) is 0 Å². The minimum Gasteiger partial charge on any atom is -0.346 e. The van der Waals surface area contributed by atoms with Crippen molar-refractivity contribution in [2.24, 2.45) is 0 Å². The summed E-state index contributed by atoms with van der Waals surface area (Å²) in [7, 11) is 1.95. The second-order valence-corrected chi connectivity index (χ2v) is 5.82. The van der Waals surface area contributed by atoms with Gasteiger partial charge < -0.3 is 4.90 Å². The Kier molecular flexibility index (Phi) is 14.0. The van der Waals surface area contributed by atoms with Crippen molar-refractivity contribution in [3.05, 3.63) is 12.7 Å². The summed E-state index contributed by atoms with van der Waals surface area (Å²) in [6, 6.07) is 0. The molecule has 0 fully saturated rings. The molecule has 0 spiro atoms. The first-order chi connectivity index (χ1) is 9.72. The highest BCUT2D eigenvalue weighted by Crippen LogP contribution is 2.10. The van der Waals surface area contributed by atoms with E-state index in [1.807, 2.05) is 18.0 Å². The summed E-state index contributed by atoms with van der Waals surface area (Å²) in [4.78, 5) is 13.8. The Balaban J connectivity index is 3.36. The van der Waals surface area contributed by atoms with Crippen molar-refractivity contribution in [3.8, 4) is 0 Å². The third kappa shape index (κ3) is 12.3. The van der Waals surface area contributed by atoms with E-state index in [9.17, 15) is 4.79 Å². The van der Waals surface area contributed by atoms with Crippen LogP contribution in [0.15, 0.2) is 12.7 Å². The predicted molar refractivity (Wildman–Crippen MR) is 88.9 cm³/mol. The highest BCUT2D eigenvalue weighted by molar-refractivity contribution is 5.75. The molecule has 1 amide bonds. The first kappa shape index (κ1) is 19.2. The van der Waals surface area contributed by atoms with Crippen LogP contribution in [0.1, 0.15) is 84.0 Å². The number of hydrogen-bond donors (Lipinski definition) is 0. The Hall–Kier alpha value is -0.790. The second kappa shape index (κ2) is 14.6. The lowest BCUT2D eigenvalue weighted by Crippen LogP contribution is -2.27. The summed E-state index contributed by atoms with van der Waals surface area (Å²) in [5, 5.41) is 0. The fourth-order valence-corrected chi connectivity index (χ4v) is 2.36. The fourth-order valence-electron chi connectivity index (χ4n) is 2.36. The average Bonchev–Trinajstić information content (AvgIpc) is 2.46. The largest absolute Gasteiger partial charge is 0.346 e. The molecule has 0 aliphatic rings. The van der Waals surface area contributed by atoms with Crippen molar-refractivity contribution in [3.63, 3.8) is 0 Å². The van der Waals surface area contributed by atoms with Gasteiger partial charge in [-0.3, -0.25) is 4.79 Å². The first-order valence-electron chi connectivity index (χ1n) is 8.57. The molecule has 0 N–H and O–H groups in total. The molecule has 0 radical (unpaired) electrons. The van der Waals surface area contributed by atoms with Crippen molar-refractivity contribution in [2.75, 3.05) is 13.6 Å². The molecular weight excluding hydrogens is 246 g/mol. The standard InChI is InChI=1S/C18H35NO/c1-4-6-8-10-11-12-13-14-16-18(20)19(3)17-15-9-7-5-2/h4H,1,5-17H2,2-3H3. The summed E-state index contributed by atoms with van der Waals surface area (Å²) < 4.78 is 0. The molecule has 0 aliphatic carbocycles. The smallest absolute Gasteiger partial charge is 0.222 e. The van der Waals surface area contributed by atoms with Crippen molar-refractivity contribution < 1.29 is 4.79 Å². The molecule has 0 aromatic rings. The highest BCUT2D eigenvalue weighted by Gasteiger charge is 2.07. The Morgan fingerprint density at radius 3 is 2.20 bits per heavy atom. The number of hydrogen-bond acceptors (Lipinski definition) is 1. The van der Waals surface area contributed by atoms with E-state index in [2.05, 4.69) is 13.5 Å². The molecule has 0 heterocycles. The topological polar surface area (TPSA) is 20.3 Å². The van der Waals surface area contributed by atoms with Gasteiger partial charge in [-0.1, -0.05) is 57.9 Å². The number of carbonyl (C=O) groups is 1. The Bertz CT molecular complexity index is 238. The number of unbranched alkanes of at least 4 members (excludes halogenated alkanes) is 9. The van der Waals surface area contributed by atoms with E-state index in [0.29, 0.717) is 5.91 Å². The van der Waals surface area contributed by atoms with Crippen LogP contribution in [0.4, 0.5) is 0 Å². The Labute approximate surface area is 126 Å². The van der Waals surface area contributed by atoms with E-state index in [1.54, 1.807) is 0 Å². The molecule has 20 heavy (non-hydrogen) atoms. The van der Waals surface area contributed by atoms with Gasteiger partial charge in [-0.25, -0.2) is 0 Å². The molecule has 0 saturated carbocycles. The Morgan fingerprint density at radius 2 is 1.55 bits per heavy atom. The van der Waals surface area contributed by atoms with Crippen LogP contribution < -0.4 is 0 Å². The third-order valence-electron chi connectivity index (χ3n) is 3.82. The first-order valence-corrected chi connectivity index (χ1v) is 8.57. The summed E-state index contributed by atoms with van der Waals surface area (Å²) in [5.41, 5.74) is 0. The minimum absolute atomic E-state index is 0.327. The van der Waals surface area contributed by atoms with Crippen molar-refractivity contribution >= 4 is 5.91 Å². The van der Waals surface area contributed by atoms with Crippen LogP contribution >= 0.6 is 0 Å². The summed E-state index contributed by atoms with van der Waals surface area (Å²) in [6.45, 7) is 6.88. The van der Waals surface area contributed by atoms with Crippen molar-refractivity contribution in [1.29, 1.82) is 0 Å². The van der Waals surface area contributed by atoms with Crippen molar-refractivity contribution in [1.82, 2.24) is 4.90 Å². The zero-order valence-corrected chi connectivity index (χ0v) is 13.8. The van der Waals surface area contributed by atoms with Crippen LogP contribution in [-0.2, 0) is 4.79 Å². The minimum atomic E-state index is 0.327. The molecule has 0 unspecified atom stereocenters. The molecule has 0 atom stereocenters. The van der Waals surface area contributed by atoms with Crippen LogP contribution in [0.5, 0.6) is 0 Å². The second-order valence-electron chi connectivity index (χ2n) is 5.82. The number of allylic oxidation sites excluding steroid dienone is 1. The highest BCUT2D eigenvalue weighted by atomic mass is 16.2. The lowest BCUT2D eigenvalue weighted by atomic mass is 10.1. The maximum Gasteiger partial charge on any atom is 0.222 e. The molecule has 0 aromatic carbocycles. The number of nitrogens with zero attached hydrogens (tertiary/aromatic N) is 1. The molecule has 0 bridgehead atoms.